The SMILES string of the molecule is CO/C=C/c1ccccc1OC. The van der Waals surface area contributed by atoms with Crippen molar-refractivity contribution in [3.63, 3.8) is 0 Å². The Morgan fingerprint density at radius 3 is 2.58 bits per heavy atom. The summed E-state index contributed by atoms with van der Waals surface area (Å²) in [7, 11) is 3.27. The van der Waals surface area contributed by atoms with Crippen molar-refractivity contribution in [3.05, 3.63) is 36.1 Å². The van der Waals surface area contributed by atoms with Crippen LogP contribution in [0.15, 0.2) is 30.5 Å². The molecule has 0 aliphatic rings. The van der Waals surface area contributed by atoms with Gasteiger partial charge in [0.15, 0.2) is 0 Å². The maximum atomic E-state index is 5.14. The highest BCUT2D eigenvalue weighted by molar-refractivity contribution is 5.56. The summed E-state index contributed by atoms with van der Waals surface area (Å²) in [5.41, 5.74) is 1.02. The van der Waals surface area contributed by atoms with Gasteiger partial charge in [-0.15, -0.1) is 0 Å². The first-order valence-electron chi connectivity index (χ1n) is 3.71. The molecule has 0 fully saturated rings. The van der Waals surface area contributed by atoms with Gasteiger partial charge in [0.1, 0.15) is 5.75 Å². The van der Waals surface area contributed by atoms with Crippen LogP contribution in [0.5, 0.6) is 5.75 Å². The standard InChI is InChI=1S/C10H12O2/c1-11-8-7-9-5-3-4-6-10(9)12-2/h3-8H,1-2H3/b8-7+. The van der Waals surface area contributed by atoms with Crippen LogP contribution in [-0.4, -0.2) is 14.2 Å². The topological polar surface area (TPSA) is 18.5 Å². The molecule has 0 atom stereocenters. The third kappa shape index (κ3) is 2.02. The molecule has 0 saturated carbocycles. The lowest BCUT2D eigenvalue weighted by Crippen LogP contribution is -1.85. The summed E-state index contributed by atoms with van der Waals surface area (Å²) in [4.78, 5) is 0. The van der Waals surface area contributed by atoms with E-state index in [4.69, 9.17) is 9.47 Å². The van der Waals surface area contributed by atoms with Gasteiger partial charge >= 0.3 is 0 Å². The number of para-hydroxylation sites is 1. The normalized spacial score (nSPS) is 10.2. The Morgan fingerprint density at radius 2 is 1.92 bits per heavy atom. The molecule has 1 rings (SSSR count). The second-order valence-corrected chi connectivity index (χ2v) is 2.28. The Hall–Kier alpha value is -1.44. The van der Waals surface area contributed by atoms with Crippen LogP contribution in [0.3, 0.4) is 0 Å². The first-order valence-corrected chi connectivity index (χ1v) is 3.71. The predicted molar refractivity (Wildman–Crippen MR) is 49.0 cm³/mol. The summed E-state index contributed by atoms with van der Waals surface area (Å²) < 4.78 is 9.94. The molecule has 0 saturated heterocycles. The second kappa shape index (κ2) is 4.44. The summed E-state index contributed by atoms with van der Waals surface area (Å²) in [5, 5.41) is 0. The van der Waals surface area contributed by atoms with Crippen molar-refractivity contribution < 1.29 is 9.47 Å². The zero-order valence-corrected chi connectivity index (χ0v) is 7.28. The van der Waals surface area contributed by atoms with Crippen molar-refractivity contribution in [2.45, 2.75) is 0 Å². The van der Waals surface area contributed by atoms with E-state index < -0.39 is 0 Å². The maximum Gasteiger partial charge on any atom is 0.126 e. The van der Waals surface area contributed by atoms with Crippen LogP contribution in [0, 0.1) is 0 Å². The van der Waals surface area contributed by atoms with E-state index in [0.29, 0.717) is 0 Å². The Bertz CT molecular complexity index is 266. The van der Waals surface area contributed by atoms with Gasteiger partial charge in [0.25, 0.3) is 0 Å². The van der Waals surface area contributed by atoms with E-state index in [1.165, 1.54) is 0 Å². The van der Waals surface area contributed by atoms with Crippen molar-refractivity contribution in [3.8, 4) is 5.75 Å². The summed E-state index contributed by atoms with van der Waals surface area (Å²) >= 11 is 0. The van der Waals surface area contributed by atoms with Gasteiger partial charge in [-0.1, -0.05) is 18.2 Å². The molecule has 0 bridgehead atoms. The highest BCUT2D eigenvalue weighted by Gasteiger charge is 1.95. The van der Waals surface area contributed by atoms with E-state index in [1.54, 1.807) is 20.5 Å². The molecule has 0 N–H and O–H groups in total. The molecule has 1 aromatic rings. The zero-order valence-electron chi connectivity index (χ0n) is 7.28. The van der Waals surface area contributed by atoms with Crippen LogP contribution in [-0.2, 0) is 4.74 Å². The van der Waals surface area contributed by atoms with Crippen LogP contribution in [0.1, 0.15) is 5.56 Å². The van der Waals surface area contributed by atoms with Gasteiger partial charge in [-0.25, -0.2) is 0 Å². The summed E-state index contributed by atoms with van der Waals surface area (Å²) in [5.74, 6) is 0.853. The Labute approximate surface area is 72.4 Å². The Kier molecular flexibility index (Phi) is 3.20. The summed E-state index contributed by atoms with van der Waals surface area (Å²) in [6, 6.07) is 7.77. The molecule has 0 radical (unpaired) electrons. The Balaban J connectivity index is 2.89. The lowest BCUT2D eigenvalue weighted by Gasteiger charge is -2.02. The van der Waals surface area contributed by atoms with Crippen LogP contribution >= 0.6 is 0 Å². The molecule has 0 spiro atoms. The first-order chi connectivity index (χ1) is 5.88. The fourth-order valence-corrected chi connectivity index (χ4v) is 0.945. The molecule has 0 unspecified atom stereocenters. The van der Waals surface area contributed by atoms with E-state index in [1.807, 2.05) is 30.3 Å². The van der Waals surface area contributed by atoms with Crippen molar-refractivity contribution in [1.82, 2.24) is 0 Å². The number of hydrogen-bond donors (Lipinski definition) is 0. The van der Waals surface area contributed by atoms with Crippen molar-refractivity contribution in [2.24, 2.45) is 0 Å². The molecule has 2 nitrogen and oxygen atoms in total. The summed E-state index contributed by atoms with van der Waals surface area (Å²) in [6.45, 7) is 0. The third-order valence-electron chi connectivity index (χ3n) is 1.52. The highest BCUT2D eigenvalue weighted by atomic mass is 16.5. The molecule has 64 valence electrons. The number of methoxy groups -OCH3 is 2. The molecule has 0 heterocycles. The second-order valence-electron chi connectivity index (χ2n) is 2.28. The molecule has 12 heavy (non-hydrogen) atoms. The quantitative estimate of drug-likeness (QED) is 0.638. The van der Waals surface area contributed by atoms with Crippen LogP contribution in [0.25, 0.3) is 6.08 Å². The predicted octanol–water partition coefficient (Wildman–Crippen LogP) is 2.31. The molecule has 1 aromatic carbocycles. The van der Waals surface area contributed by atoms with E-state index in [2.05, 4.69) is 0 Å². The molecule has 0 amide bonds. The molecular weight excluding hydrogens is 152 g/mol. The molecule has 2 heteroatoms. The van der Waals surface area contributed by atoms with Crippen molar-refractivity contribution in [2.75, 3.05) is 14.2 Å². The van der Waals surface area contributed by atoms with Gasteiger partial charge in [0.05, 0.1) is 20.5 Å². The van der Waals surface area contributed by atoms with Crippen LogP contribution in [0.2, 0.25) is 0 Å². The molecule has 0 aliphatic heterocycles. The fourth-order valence-electron chi connectivity index (χ4n) is 0.945. The summed E-state index contributed by atoms with van der Waals surface area (Å²) in [6.07, 6.45) is 3.48. The minimum absolute atomic E-state index is 0.853. The minimum Gasteiger partial charge on any atom is -0.504 e. The molecule has 0 aromatic heterocycles. The molecular formula is C10H12O2. The lowest BCUT2D eigenvalue weighted by atomic mass is 10.2. The zero-order chi connectivity index (χ0) is 8.81. The smallest absolute Gasteiger partial charge is 0.126 e. The van der Waals surface area contributed by atoms with E-state index >= 15 is 0 Å². The van der Waals surface area contributed by atoms with Gasteiger partial charge in [-0.3, -0.25) is 0 Å². The molecule has 0 aliphatic carbocycles. The fraction of sp³-hybridized carbons (Fsp3) is 0.200. The minimum atomic E-state index is 0.853. The van der Waals surface area contributed by atoms with Gasteiger partial charge < -0.3 is 9.47 Å². The van der Waals surface area contributed by atoms with Crippen LogP contribution < -0.4 is 4.74 Å². The number of hydrogen-bond acceptors (Lipinski definition) is 2. The van der Waals surface area contributed by atoms with Gasteiger partial charge in [-0.2, -0.15) is 0 Å². The average molecular weight is 164 g/mol. The van der Waals surface area contributed by atoms with E-state index in [-0.39, 0.29) is 0 Å². The lowest BCUT2D eigenvalue weighted by molar-refractivity contribution is 0.341. The van der Waals surface area contributed by atoms with Gasteiger partial charge in [-0.05, 0) is 12.1 Å². The number of rotatable bonds is 3. The van der Waals surface area contributed by atoms with Gasteiger partial charge in [0, 0.05) is 5.56 Å². The first kappa shape index (κ1) is 8.65. The largest absolute Gasteiger partial charge is 0.504 e. The monoisotopic (exact) mass is 164 g/mol. The van der Waals surface area contributed by atoms with Crippen molar-refractivity contribution >= 4 is 6.08 Å². The number of ether oxygens (including phenoxy) is 2. The third-order valence-corrected chi connectivity index (χ3v) is 1.52. The van der Waals surface area contributed by atoms with Gasteiger partial charge in [0.2, 0.25) is 0 Å². The Morgan fingerprint density at radius 1 is 1.17 bits per heavy atom. The van der Waals surface area contributed by atoms with Crippen LogP contribution in [0.4, 0.5) is 0 Å². The highest BCUT2D eigenvalue weighted by Crippen LogP contribution is 2.18. The van der Waals surface area contributed by atoms with Crippen molar-refractivity contribution in [1.29, 1.82) is 0 Å². The maximum absolute atomic E-state index is 5.14. The van der Waals surface area contributed by atoms with E-state index in [9.17, 15) is 0 Å². The average Bonchev–Trinajstić information content (AvgIpc) is 2.15. The van der Waals surface area contributed by atoms with E-state index in [0.717, 1.165) is 11.3 Å². The number of benzene rings is 1.